The Labute approximate surface area is 205 Å². The molecule has 0 bridgehead atoms. The number of nitrogens with zero attached hydrogens (tertiary/aromatic N) is 2. The minimum atomic E-state index is -4.51. The van der Waals surface area contributed by atoms with E-state index in [0.717, 1.165) is 11.6 Å². The molecule has 0 saturated heterocycles. The summed E-state index contributed by atoms with van der Waals surface area (Å²) in [5, 5.41) is 9.64. The predicted octanol–water partition coefficient (Wildman–Crippen LogP) is 6.39. The summed E-state index contributed by atoms with van der Waals surface area (Å²) >= 11 is 0. The van der Waals surface area contributed by atoms with Crippen molar-refractivity contribution in [1.82, 2.24) is 4.57 Å². The van der Waals surface area contributed by atoms with Crippen molar-refractivity contribution in [3.63, 3.8) is 0 Å². The van der Waals surface area contributed by atoms with Crippen LogP contribution in [0, 0.1) is 6.92 Å². The Bertz CT molecular complexity index is 1500. The number of carboxylic acids is 1. The highest BCUT2D eigenvalue weighted by molar-refractivity contribution is 6.07. The zero-order valence-corrected chi connectivity index (χ0v) is 19.2. The van der Waals surface area contributed by atoms with Gasteiger partial charge >= 0.3 is 12.1 Å². The number of benzene rings is 3. The minimum Gasteiger partial charge on any atom is -0.478 e. The van der Waals surface area contributed by atoms with Gasteiger partial charge in [0.05, 0.1) is 23.4 Å². The lowest BCUT2D eigenvalue weighted by Gasteiger charge is -2.24. The molecule has 0 radical (unpaired) electrons. The molecule has 3 aromatic carbocycles. The van der Waals surface area contributed by atoms with Crippen molar-refractivity contribution >= 4 is 17.6 Å². The second-order valence-electron chi connectivity index (χ2n) is 8.70. The monoisotopic (exact) mass is 490 g/mol. The number of carbonyl (C=O) groups excluding carboxylic acids is 1. The molecule has 5 rings (SSSR count). The number of rotatable bonds is 3. The lowest BCUT2D eigenvalue weighted by atomic mass is 9.94. The molecule has 0 unspecified atom stereocenters. The topological polar surface area (TPSA) is 62.5 Å². The van der Waals surface area contributed by atoms with Crippen molar-refractivity contribution in [3.05, 3.63) is 113 Å². The summed E-state index contributed by atoms with van der Waals surface area (Å²) in [7, 11) is 0. The van der Waals surface area contributed by atoms with Crippen molar-refractivity contribution in [2.24, 2.45) is 0 Å². The summed E-state index contributed by atoms with van der Waals surface area (Å²) in [4.78, 5) is 27.1. The van der Waals surface area contributed by atoms with Gasteiger partial charge in [-0.25, -0.2) is 4.79 Å². The van der Waals surface area contributed by atoms with Crippen LogP contribution in [0.1, 0.15) is 43.1 Å². The van der Waals surface area contributed by atoms with E-state index in [-0.39, 0.29) is 23.6 Å². The number of halogens is 3. The molecule has 182 valence electrons. The van der Waals surface area contributed by atoms with Gasteiger partial charge in [-0.3, -0.25) is 4.79 Å². The SMILES string of the molecule is Cc1cc(C(=O)N2Cc3c(C(=O)O)ccn3Cc3ccccc32)ccc1-c1ccccc1C(F)(F)F. The van der Waals surface area contributed by atoms with Crippen molar-refractivity contribution < 1.29 is 27.9 Å². The standard InChI is InChI=1S/C28H21F3N2O3/c1-17-14-18(10-11-20(17)21-7-3-4-8-23(21)28(29,30)31)26(34)33-16-25-22(27(35)36)12-13-32(25)15-19-6-2-5-9-24(19)33/h2-14H,15-16H2,1H3,(H,35,36). The number of carbonyl (C=O) groups is 2. The molecule has 0 spiro atoms. The van der Waals surface area contributed by atoms with E-state index in [1.807, 2.05) is 16.7 Å². The van der Waals surface area contributed by atoms with Crippen molar-refractivity contribution in [3.8, 4) is 11.1 Å². The number of amides is 1. The Kier molecular flexibility index (Phi) is 5.67. The molecule has 8 heteroatoms. The fourth-order valence-electron chi connectivity index (χ4n) is 4.75. The number of carboxylic acid groups (broad SMARTS) is 1. The van der Waals surface area contributed by atoms with Gasteiger partial charge < -0.3 is 14.6 Å². The Morgan fingerprint density at radius 1 is 0.889 bits per heavy atom. The lowest BCUT2D eigenvalue weighted by Crippen LogP contribution is -2.31. The molecule has 2 heterocycles. The summed E-state index contributed by atoms with van der Waals surface area (Å²) in [6.45, 7) is 2.13. The Morgan fingerprint density at radius 2 is 1.61 bits per heavy atom. The second kappa shape index (κ2) is 8.71. The number of hydrogen-bond donors (Lipinski definition) is 1. The molecule has 1 aliphatic heterocycles. The first-order valence-corrected chi connectivity index (χ1v) is 11.2. The quantitative estimate of drug-likeness (QED) is 0.362. The highest BCUT2D eigenvalue weighted by atomic mass is 19.4. The van der Waals surface area contributed by atoms with E-state index < -0.39 is 17.7 Å². The molecule has 1 N–H and O–H groups in total. The van der Waals surface area contributed by atoms with Crippen LogP contribution in [-0.4, -0.2) is 21.6 Å². The number of anilines is 1. The summed E-state index contributed by atoms with van der Waals surface area (Å²) < 4.78 is 42.5. The van der Waals surface area contributed by atoms with Crippen LogP contribution >= 0.6 is 0 Å². The molecule has 1 aliphatic rings. The van der Waals surface area contributed by atoms with Crippen LogP contribution in [0.25, 0.3) is 11.1 Å². The van der Waals surface area contributed by atoms with Gasteiger partial charge in [-0.2, -0.15) is 13.2 Å². The van der Waals surface area contributed by atoms with E-state index in [1.165, 1.54) is 35.2 Å². The molecule has 1 amide bonds. The second-order valence-corrected chi connectivity index (χ2v) is 8.70. The zero-order valence-electron chi connectivity index (χ0n) is 19.2. The number of fused-ring (bicyclic) bond motifs is 2. The molecule has 0 atom stereocenters. The number of aromatic nitrogens is 1. The van der Waals surface area contributed by atoms with Crippen molar-refractivity contribution in [2.45, 2.75) is 26.2 Å². The summed E-state index contributed by atoms with van der Waals surface area (Å²) in [5.74, 6) is -1.45. The fraction of sp³-hybridized carbons (Fsp3) is 0.143. The van der Waals surface area contributed by atoms with Gasteiger partial charge in [0.2, 0.25) is 0 Å². The van der Waals surface area contributed by atoms with E-state index in [4.69, 9.17) is 0 Å². The minimum absolute atomic E-state index is 0.0438. The molecule has 0 saturated carbocycles. The van der Waals surface area contributed by atoms with Gasteiger partial charge in [0.25, 0.3) is 5.91 Å². The third-order valence-electron chi connectivity index (χ3n) is 6.48. The first kappa shape index (κ1) is 23.4. The summed E-state index contributed by atoms with van der Waals surface area (Å²) in [5.41, 5.74) is 2.65. The van der Waals surface area contributed by atoms with Crippen LogP contribution in [0.15, 0.2) is 79.0 Å². The van der Waals surface area contributed by atoms with E-state index in [0.29, 0.717) is 34.6 Å². The molecule has 36 heavy (non-hydrogen) atoms. The average molecular weight is 490 g/mol. The molecule has 0 fully saturated rings. The Hall–Kier alpha value is -4.33. The molecule has 5 nitrogen and oxygen atoms in total. The third-order valence-corrected chi connectivity index (χ3v) is 6.48. The number of para-hydroxylation sites is 1. The fourth-order valence-corrected chi connectivity index (χ4v) is 4.75. The van der Waals surface area contributed by atoms with Crippen LogP contribution in [-0.2, 0) is 19.3 Å². The number of aryl methyl sites for hydroxylation is 1. The highest BCUT2D eigenvalue weighted by Gasteiger charge is 2.34. The van der Waals surface area contributed by atoms with Crippen LogP contribution < -0.4 is 4.90 Å². The maximum Gasteiger partial charge on any atom is 0.417 e. The largest absolute Gasteiger partial charge is 0.478 e. The lowest BCUT2D eigenvalue weighted by molar-refractivity contribution is -0.137. The summed E-state index contributed by atoms with van der Waals surface area (Å²) in [6, 6.07) is 18.8. The molecule has 4 aromatic rings. The van der Waals surface area contributed by atoms with E-state index >= 15 is 0 Å². The van der Waals surface area contributed by atoms with E-state index in [9.17, 15) is 27.9 Å². The Morgan fingerprint density at radius 3 is 2.33 bits per heavy atom. The highest BCUT2D eigenvalue weighted by Crippen LogP contribution is 2.38. The van der Waals surface area contributed by atoms with Gasteiger partial charge in [0.1, 0.15) is 0 Å². The van der Waals surface area contributed by atoms with E-state index in [1.54, 1.807) is 37.4 Å². The van der Waals surface area contributed by atoms with Gasteiger partial charge in [-0.05, 0) is 59.5 Å². The van der Waals surface area contributed by atoms with Crippen molar-refractivity contribution in [1.29, 1.82) is 0 Å². The normalized spacial score (nSPS) is 13.1. The number of hydrogen-bond acceptors (Lipinski definition) is 2. The maximum absolute atomic E-state index is 13.7. The molecule has 0 aliphatic carbocycles. The van der Waals surface area contributed by atoms with Crippen LogP contribution in [0.3, 0.4) is 0 Å². The van der Waals surface area contributed by atoms with Crippen LogP contribution in [0.5, 0.6) is 0 Å². The van der Waals surface area contributed by atoms with Gasteiger partial charge in [0.15, 0.2) is 0 Å². The maximum atomic E-state index is 13.7. The van der Waals surface area contributed by atoms with Gasteiger partial charge in [0, 0.05) is 24.0 Å². The first-order valence-electron chi connectivity index (χ1n) is 11.2. The smallest absolute Gasteiger partial charge is 0.417 e. The first-order chi connectivity index (χ1) is 17.1. The molecular weight excluding hydrogens is 469 g/mol. The Balaban J connectivity index is 1.57. The zero-order chi connectivity index (χ0) is 25.6. The predicted molar refractivity (Wildman–Crippen MR) is 129 cm³/mol. The van der Waals surface area contributed by atoms with Crippen LogP contribution in [0.4, 0.5) is 18.9 Å². The summed E-state index contributed by atoms with van der Waals surface area (Å²) in [6.07, 6.45) is -2.81. The average Bonchev–Trinajstić information content (AvgIpc) is 3.16. The van der Waals surface area contributed by atoms with Gasteiger partial charge in [-0.15, -0.1) is 0 Å². The number of aromatic carboxylic acids is 1. The van der Waals surface area contributed by atoms with Crippen LogP contribution in [0.2, 0.25) is 0 Å². The van der Waals surface area contributed by atoms with Gasteiger partial charge in [-0.1, -0.05) is 42.5 Å². The van der Waals surface area contributed by atoms with Crippen molar-refractivity contribution in [2.75, 3.05) is 4.90 Å². The molecule has 1 aromatic heterocycles. The number of alkyl halides is 3. The third kappa shape index (κ3) is 4.04. The van der Waals surface area contributed by atoms with E-state index in [2.05, 4.69) is 0 Å². The molecular formula is C28H21F3N2O3.